The summed E-state index contributed by atoms with van der Waals surface area (Å²) in [4.78, 5) is 0. The minimum absolute atomic E-state index is 0.293. The molecule has 0 radical (unpaired) electrons. The lowest BCUT2D eigenvalue weighted by Gasteiger charge is -2.40. The van der Waals surface area contributed by atoms with Gasteiger partial charge in [-0.05, 0) is 43.4 Å². The van der Waals surface area contributed by atoms with Gasteiger partial charge in [0.15, 0.2) is 0 Å². The van der Waals surface area contributed by atoms with Crippen molar-refractivity contribution in [1.82, 2.24) is 5.32 Å². The zero-order valence-corrected chi connectivity index (χ0v) is 13.3. The number of rotatable bonds is 8. The van der Waals surface area contributed by atoms with Crippen LogP contribution in [0.15, 0.2) is 24.3 Å². The van der Waals surface area contributed by atoms with E-state index < -0.39 is 6.10 Å². The van der Waals surface area contributed by atoms with Crippen molar-refractivity contribution in [3.05, 3.63) is 29.3 Å². The van der Waals surface area contributed by atoms with Gasteiger partial charge in [0.05, 0.1) is 0 Å². The van der Waals surface area contributed by atoms with Crippen molar-refractivity contribution in [2.75, 3.05) is 26.0 Å². The molecular weight excluding hydrogens is 294 g/mol. The van der Waals surface area contributed by atoms with Gasteiger partial charge in [-0.3, -0.25) is 0 Å². The third kappa shape index (κ3) is 4.55. The standard InChI is InChI=1S/C15H22ClNO2S/c1-20-15(7-2-8-15)11-17-9-13(18)10-19-14-5-3-12(16)4-6-14/h3-6,13,17-18H,2,7-11H2,1H3. The van der Waals surface area contributed by atoms with E-state index >= 15 is 0 Å². The van der Waals surface area contributed by atoms with Crippen molar-refractivity contribution in [2.45, 2.75) is 30.1 Å². The lowest BCUT2D eigenvalue weighted by Crippen LogP contribution is -2.45. The maximum absolute atomic E-state index is 9.90. The Bertz CT molecular complexity index is 403. The van der Waals surface area contributed by atoms with Gasteiger partial charge in [-0.1, -0.05) is 18.0 Å². The first-order valence-electron chi connectivity index (χ1n) is 6.96. The van der Waals surface area contributed by atoms with Gasteiger partial charge in [-0.25, -0.2) is 0 Å². The minimum atomic E-state index is -0.496. The number of nitrogens with one attached hydrogen (secondary N) is 1. The fourth-order valence-electron chi connectivity index (χ4n) is 2.27. The highest BCUT2D eigenvalue weighted by Gasteiger charge is 2.35. The average molecular weight is 316 g/mol. The first-order chi connectivity index (χ1) is 9.63. The van der Waals surface area contributed by atoms with E-state index in [0.717, 1.165) is 12.3 Å². The number of aliphatic hydroxyl groups excluding tert-OH is 1. The molecule has 5 heteroatoms. The Morgan fingerprint density at radius 2 is 2.10 bits per heavy atom. The third-order valence-electron chi connectivity index (χ3n) is 3.78. The summed E-state index contributed by atoms with van der Waals surface area (Å²) in [5.74, 6) is 0.730. The quantitative estimate of drug-likeness (QED) is 0.774. The molecule has 0 aliphatic heterocycles. The fraction of sp³-hybridized carbons (Fsp3) is 0.600. The summed E-state index contributed by atoms with van der Waals surface area (Å²) in [6.45, 7) is 1.82. The zero-order valence-electron chi connectivity index (χ0n) is 11.8. The molecule has 1 saturated carbocycles. The molecular formula is C15H22ClNO2S. The van der Waals surface area contributed by atoms with Gasteiger partial charge in [0.1, 0.15) is 18.5 Å². The molecule has 1 unspecified atom stereocenters. The predicted octanol–water partition coefficient (Wildman–Crippen LogP) is 2.96. The number of halogens is 1. The second kappa shape index (κ2) is 7.55. The van der Waals surface area contributed by atoms with Gasteiger partial charge >= 0.3 is 0 Å². The van der Waals surface area contributed by atoms with E-state index in [1.54, 1.807) is 24.3 Å². The molecule has 3 nitrogen and oxygen atoms in total. The zero-order chi connectivity index (χ0) is 14.4. The summed E-state index contributed by atoms with van der Waals surface area (Å²) in [6, 6.07) is 7.17. The first-order valence-corrected chi connectivity index (χ1v) is 8.56. The van der Waals surface area contributed by atoms with E-state index in [9.17, 15) is 5.11 Å². The Hall–Kier alpha value is -0.420. The Morgan fingerprint density at radius 1 is 1.40 bits per heavy atom. The first kappa shape index (κ1) is 16.0. The molecule has 0 amide bonds. The van der Waals surface area contributed by atoms with Crippen molar-refractivity contribution in [3.8, 4) is 5.75 Å². The van der Waals surface area contributed by atoms with Crippen molar-refractivity contribution in [2.24, 2.45) is 0 Å². The topological polar surface area (TPSA) is 41.5 Å². The summed E-state index contributed by atoms with van der Waals surface area (Å²) in [7, 11) is 0. The van der Waals surface area contributed by atoms with Gasteiger partial charge in [0.2, 0.25) is 0 Å². The van der Waals surface area contributed by atoms with Gasteiger partial charge in [0.25, 0.3) is 0 Å². The molecule has 1 aliphatic carbocycles. The molecule has 1 fully saturated rings. The number of hydrogen-bond donors (Lipinski definition) is 2. The maximum atomic E-state index is 9.90. The van der Waals surface area contributed by atoms with Gasteiger partial charge in [0, 0.05) is 22.9 Å². The van der Waals surface area contributed by atoms with Crippen LogP contribution in [0.1, 0.15) is 19.3 Å². The summed E-state index contributed by atoms with van der Waals surface area (Å²) in [5, 5.41) is 13.9. The van der Waals surface area contributed by atoms with Crippen LogP contribution in [0.4, 0.5) is 0 Å². The monoisotopic (exact) mass is 315 g/mol. The highest BCUT2D eigenvalue weighted by atomic mass is 35.5. The summed E-state index contributed by atoms with van der Waals surface area (Å²) in [5.41, 5.74) is 0. The van der Waals surface area contributed by atoms with E-state index in [-0.39, 0.29) is 0 Å². The Labute approximate surface area is 130 Å². The molecule has 1 atom stereocenters. The average Bonchev–Trinajstić information content (AvgIpc) is 2.41. The Kier molecular flexibility index (Phi) is 6.02. The SMILES string of the molecule is CSC1(CNCC(O)COc2ccc(Cl)cc2)CCC1. The number of benzene rings is 1. The largest absolute Gasteiger partial charge is 0.491 e. The van der Waals surface area contributed by atoms with E-state index in [1.807, 2.05) is 11.8 Å². The normalized spacial score (nSPS) is 18.4. The number of thioether (sulfide) groups is 1. The highest BCUT2D eigenvalue weighted by Crippen LogP contribution is 2.42. The molecule has 0 bridgehead atoms. The molecule has 0 aromatic heterocycles. The molecule has 20 heavy (non-hydrogen) atoms. The second-order valence-corrected chi connectivity index (χ2v) is 7.00. The summed E-state index contributed by atoms with van der Waals surface area (Å²) >= 11 is 7.74. The molecule has 2 rings (SSSR count). The van der Waals surface area contributed by atoms with Crippen LogP contribution in [0, 0.1) is 0 Å². The van der Waals surface area contributed by atoms with E-state index in [1.165, 1.54) is 19.3 Å². The van der Waals surface area contributed by atoms with Crippen LogP contribution in [0.25, 0.3) is 0 Å². The number of hydrogen-bond acceptors (Lipinski definition) is 4. The third-order valence-corrected chi connectivity index (χ3v) is 5.45. The van der Waals surface area contributed by atoms with Crippen LogP contribution in [0.5, 0.6) is 5.75 Å². The lowest BCUT2D eigenvalue weighted by atomic mass is 9.84. The van der Waals surface area contributed by atoms with Crippen LogP contribution in [0.2, 0.25) is 5.02 Å². The van der Waals surface area contributed by atoms with E-state index in [0.29, 0.717) is 22.9 Å². The van der Waals surface area contributed by atoms with Crippen LogP contribution in [0.3, 0.4) is 0 Å². The molecule has 0 saturated heterocycles. The van der Waals surface area contributed by atoms with Crippen LogP contribution < -0.4 is 10.1 Å². The smallest absolute Gasteiger partial charge is 0.119 e. The maximum Gasteiger partial charge on any atom is 0.119 e. The molecule has 1 aromatic rings. The number of ether oxygens (including phenoxy) is 1. The van der Waals surface area contributed by atoms with Crippen molar-refractivity contribution < 1.29 is 9.84 Å². The molecule has 0 spiro atoms. The van der Waals surface area contributed by atoms with Crippen molar-refractivity contribution >= 4 is 23.4 Å². The Balaban J connectivity index is 1.63. The van der Waals surface area contributed by atoms with Crippen LogP contribution in [-0.4, -0.2) is 41.9 Å². The van der Waals surface area contributed by atoms with Gasteiger partial charge in [-0.15, -0.1) is 0 Å². The Morgan fingerprint density at radius 3 is 2.65 bits per heavy atom. The predicted molar refractivity (Wildman–Crippen MR) is 85.9 cm³/mol. The van der Waals surface area contributed by atoms with Crippen molar-refractivity contribution in [3.63, 3.8) is 0 Å². The molecule has 0 heterocycles. The van der Waals surface area contributed by atoms with E-state index in [4.69, 9.17) is 16.3 Å². The fourth-order valence-corrected chi connectivity index (χ4v) is 3.34. The molecule has 112 valence electrons. The van der Waals surface area contributed by atoms with Gasteiger partial charge < -0.3 is 15.2 Å². The summed E-state index contributed by atoms with van der Waals surface area (Å²) < 4.78 is 5.92. The second-order valence-electron chi connectivity index (χ2n) is 5.29. The lowest BCUT2D eigenvalue weighted by molar-refractivity contribution is 0.105. The number of aliphatic hydroxyl groups is 1. The highest BCUT2D eigenvalue weighted by molar-refractivity contribution is 8.00. The summed E-state index contributed by atoms with van der Waals surface area (Å²) in [6.07, 6.45) is 5.55. The van der Waals surface area contributed by atoms with Gasteiger partial charge in [-0.2, -0.15) is 11.8 Å². The molecule has 1 aliphatic rings. The molecule has 2 N–H and O–H groups in total. The van der Waals surface area contributed by atoms with Crippen molar-refractivity contribution in [1.29, 1.82) is 0 Å². The van der Waals surface area contributed by atoms with Crippen LogP contribution >= 0.6 is 23.4 Å². The van der Waals surface area contributed by atoms with Crippen LogP contribution in [-0.2, 0) is 0 Å². The minimum Gasteiger partial charge on any atom is -0.491 e. The van der Waals surface area contributed by atoms with E-state index in [2.05, 4.69) is 11.6 Å². The molecule has 1 aromatic carbocycles.